The monoisotopic (exact) mass is 262 g/mol. The number of hydrogen-bond acceptors (Lipinski definition) is 4. The number of hydrogen-bond donors (Lipinski definition) is 2. The van der Waals surface area contributed by atoms with Gasteiger partial charge < -0.3 is 9.40 Å². The first-order valence-corrected chi connectivity index (χ1v) is 6.19. The summed E-state index contributed by atoms with van der Waals surface area (Å²) in [4.78, 5) is 11.5. The predicted molar refractivity (Wildman–Crippen MR) is 75.0 cm³/mol. The van der Waals surface area contributed by atoms with E-state index in [1.807, 2.05) is 36.4 Å². The molecule has 0 fully saturated rings. The van der Waals surface area contributed by atoms with Crippen molar-refractivity contribution in [3.8, 4) is 11.3 Å². The Morgan fingerprint density at radius 3 is 2.80 bits per heavy atom. The molecule has 0 radical (unpaired) electrons. The van der Waals surface area contributed by atoms with Gasteiger partial charge in [-0.25, -0.2) is 9.97 Å². The predicted octanol–water partition coefficient (Wildman–Crippen LogP) is 2.85. The minimum atomic E-state index is 0.214. The lowest BCUT2D eigenvalue weighted by Gasteiger charge is -2.06. The van der Waals surface area contributed by atoms with Gasteiger partial charge in [-0.1, -0.05) is 30.3 Å². The van der Waals surface area contributed by atoms with E-state index in [1.54, 1.807) is 12.4 Å². The molecule has 0 saturated heterocycles. The van der Waals surface area contributed by atoms with Gasteiger partial charge in [0.15, 0.2) is 0 Å². The Bertz CT molecular complexity index is 969. The molecule has 0 spiro atoms. The summed E-state index contributed by atoms with van der Waals surface area (Å²) in [6, 6.07) is 13.3. The van der Waals surface area contributed by atoms with Gasteiger partial charge >= 0.3 is 0 Å². The molecule has 96 valence electrons. The third-order valence-corrected chi connectivity index (χ3v) is 3.20. The third-order valence-electron chi connectivity index (χ3n) is 3.20. The Hall–Kier alpha value is -2.95. The van der Waals surface area contributed by atoms with Crippen LogP contribution in [0.4, 0.5) is 0 Å². The average Bonchev–Trinajstić information content (AvgIpc) is 2.48. The van der Waals surface area contributed by atoms with E-state index in [9.17, 15) is 0 Å². The van der Waals surface area contributed by atoms with E-state index in [0.717, 1.165) is 16.5 Å². The molecule has 5 heteroatoms. The van der Waals surface area contributed by atoms with E-state index in [4.69, 9.17) is 9.83 Å². The van der Waals surface area contributed by atoms with Crippen LogP contribution in [0.25, 0.3) is 33.5 Å². The van der Waals surface area contributed by atoms with Gasteiger partial charge in [-0.15, -0.1) is 0 Å². The Kier molecular flexibility index (Phi) is 2.20. The molecule has 3 aromatic heterocycles. The molecule has 0 atom stereocenters. The van der Waals surface area contributed by atoms with Crippen LogP contribution in [-0.2, 0) is 0 Å². The quantitative estimate of drug-likeness (QED) is 0.553. The van der Waals surface area contributed by atoms with E-state index < -0.39 is 0 Å². The molecular weight excluding hydrogens is 252 g/mol. The molecule has 1 aromatic carbocycles. The zero-order valence-electron chi connectivity index (χ0n) is 10.4. The molecular formula is C15H10N4O. The van der Waals surface area contributed by atoms with E-state index in [1.165, 1.54) is 0 Å². The number of rotatable bonds is 1. The maximum atomic E-state index is 7.76. The van der Waals surface area contributed by atoms with Gasteiger partial charge in [-0.3, -0.25) is 5.41 Å². The summed E-state index contributed by atoms with van der Waals surface area (Å²) in [5.41, 5.74) is 3.19. The highest BCUT2D eigenvalue weighted by Crippen LogP contribution is 2.28. The van der Waals surface area contributed by atoms with Crippen molar-refractivity contribution in [3.05, 3.63) is 54.3 Å². The largest absolute Gasteiger partial charge is 0.437 e. The number of pyridine rings is 1. The van der Waals surface area contributed by atoms with Crippen molar-refractivity contribution < 1.29 is 4.42 Å². The van der Waals surface area contributed by atoms with Crippen molar-refractivity contribution >= 4 is 22.1 Å². The fourth-order valence-corrected chi connectivity index (χ4v) is 2.31. The van der Waals surface area contributed by atoms with E-state index in [0.29, 0.717) is 17.0 Å². The van der Waals surface area contributed by atoms with Crippen LogP contribution in [0.3, 0.4) is 0 Å². The van der Waals surface area contributed by atoms with Gasteiger partial charge in [0, 0.05) is 17.7 Å². The molecule has 2 N–H and O–H groups in total. The zero-order valence-corrected chi connectivity index (χ0v) is 10.4. The summed E-state index contributed by atoms with van der Waals surface area (Å²) in [7, 11) is 0. The second kappa shape index (κ2) is 4.03. The Morgan fingerprint density at radius 2 is 1.95 bits per heavy atom. The molecule has 3 heterocycles. The lowest BCUT2D eigenvalue weighted by molar-refractivity contribution is 0.607. The second-order valence-corrected chi connectivity index (χ2v) is 4.50. The number of benzene rings is 1. The average molecular weight is 262 g/mol. The minimum Gasteiger partial charge on any atom is -0.437 e. The summed E-state index contributed by atoms with van der Waals surface area (Å²) in [5.74, 6) is 0.691. The first kappa shape index (κ1) is 10.9. The van der Waals surface area contributed by atoms with E-state index >= 15 is 0 Å². The normalized spacial score (nSPS) is 11.2. The Labute approximate surface area is 113 Å². The highest BCUT2D eigenvalue weighted by atomic mass is 16.3. The van der Waals surface area contributed by atoms with Crippen LogP contribution in [0.1, 0.15) is 0 Å². The number of aromatic nitrogens is 3. The van der Waals surface area contributed by atoms with Crippen molar-refractivity contribution in [1.82, 2.24) is 15.0 Å². The summed E-state index contributed by atoms with van der Waals surface area (Å²) in [5, 5.41) is 8.57. The van der Waals surface area contributed by atoms with Gasteiger partial charge in [-0.2, -0.15) is 0 Å². The third kappa shape index (κ3) is 1.60. The van der Waals surface area contributed by atoms with Gasteiger partial charge in [0.2, 0.25) is 5.71 Å². The van der Waals surface area contributed by atoms with Crippen molar-refractivity contribution in [2.45, 2.75) is 0 Å². The Morgan fingerprint density at radius 1 is 1.10 bits per heavy atom. The number of H-pyrrole nitrogens is 1. The van der Waals surface area contributed by atoms with Crippen molar-refractivity contribution in [1.29, 1.82) is 5.41 Å². The maximum Gasteiger partial charge on any atom is 0.232 e. The molecule has 0 aliphatic carbocycles. The topological polar surface area (TPSA) is 78.6 Å². The molecule has 0 saturated carbocycles. The van der Waals surface area contributed by atoms with Crippen LogP contribution in [0.15, 0.2) is 53.2 Å². The van der Waals surface area contributed by atoms with Crippen molar-refractivity contribution in [3.63, 3.8) is 0 Å². The standard InChI is InChI=1S/C15H10N4O/c16-13-7-10-14-11(19-13)6-12(9-4-2-1-3-5-9)20-15(14)18-8-17-10/h1-8,16H,(H,17,18). The van der Waals surface area contributed by atoms with Crippen LogP contribution in [0.5, 0.6) is 0 Å². The maximum absolute atomic E-state index is 7.76. The van der Waals surface area contributed by atoms with Crippen LogP contribution in [0, 0.1) is 5.41 Å². The van der Waals surface area contributed by atoms with Gasteiger partial charge in [0.1, 0.15) is 11.2 Å². The summed E-state index contributed by atoms with van der Waals surface area (Å²) in [6.45, 7) is 0. The van der Waals surface area contributed by atoms with Gasteiger partial charge in [-0.05, 0) is 0 Å². The lowest BCUT2D eigenvalue weighted by Crippen LogP contribution is -2.05. The molecule has 0 aliphatic rings. The molecule has 4 rings (SSSR count). The summed E-state index contributed by atoms with van der Waals surface area (Å²) in [6.07, 6.45) is 1.56. The molecule has 0 amide bonds. The lowest BCUT2D eigenvalue weighted by atomic mass is 10.1. The minimum absolute atomic E-state index is 0.214. The smallest absolute Gasteiger partial charge is 0.232 e. The number of nitrogens with one attached hydrogen (secondary N) is 2. The molecule has 0 aliphatic heterocycles. The first-order valence-electron chi connectivity index (χ1n) is 6.19. The molecule has 0 bridgehead atoms. The fraction of sp³-hybridized carbons (Fsp3) is 0. The zero-order chi connectivity index (χ0) is 13.5. The molecule has 4 aromatic rings. The van der Waals surface area contributed by atoms with E-state index in [2.05, 4.69) is 15.0 Å². The first-order chi connectivity index (χ1) is 9.81. The van der Waals surface area contributed by atoms with Crippen LogP contribution in [-0.4, -0.2) is 15.0 Å². The highest BCUT2D eigenvalue weighted by molar-refractivity contribution is 6.03. The van der Waals surface area contributed by atoms with E-state index in [-0.39, 0.29) is 5.49 Å². The van der Waals surface area contributed by atoms with Crippen molar-refractivity contribution in [2.75, 3.05) is 0 Å². The van der Waals surface area contributed by atoms with Gasteiger partial charge in [0.05, 0.1) is 22.7 Å². The number of nitrogens with zero attached hydrogens (tertiary/aromatic N) is 2. The highest BCUT2D eigenvalue weighted by Gasteiger charge is 2.10. The fourth-order valence-electron chi connectivity index (χ4n) is 2.31. The van der Waals surface area contributed by atoms with Crippen LogP contribution in [0.2, 0.25) is 0 Å². The second-order valence-electron chi connectivity index (χ2n) is 4.50. The SMILES string of the molecule is N=c1cc2[nH]cnc3oc(-c4ccccc4)cc(n1)c23. The molecule has 5 nitrogen and oxygen atoms in total. The van der Waals surface area contributed by atoms with Crippen LogP contribution < -0.4 is 5.49 Å². The van der Waals surface area contributed by atoms with Crippen LogP contribution >= 0.6 is 0 Å². The Balaban J connectivity index is 2.14. The van der Waals surface area contributed by atoms with Gasteiger partial charge in [0.25, 0.3) is 0 Å². The molecule has 20 heavy (non-hydrogen) atoms. The summed E-state index contributed by atoms with van der Waals surface area (Å²) >= 11 is 0. The van der Waals surface area contributed by atoms with Crippen molar-refractivity contribution in [2.24, 2.45) is 0 Å². The summed E-state index contributed by atoms with van der Waals surface area (Å²) < 4.78 is 5.86. The number of aromatic amines is 1. The molecule has 0 unspecified atom stereocenters.